The number of fused-ring (bicyclic) bond motifs is 2. The van der Waals surface area contributed by atoms with Gasteiger partial charge in [-0.05, 0) is 56.2 Å². The number of carbonyl (C=O) groups excluding carboxylic acids is 1. The summed E-state index contributed by atoms with van der Waals surface area (Å²) in [6, 6.07) is 6.16. The lowest BCUT2D eigenvalue weighted by Crippen LogP contribution is -2.42. The molecule has 0 spiro atoms. The number of thioether (sulfide) groups is 1. The summed E-state index contributed by atoms with van der Waals surface area (Å²) in [7, 11) is 3.24. The van der Waals surface area contributed by atoms with E-state index in [0.29, 0.717) is 23.5 Å². The molecule has 126 valence electrons. The summed E-state index contributed by atoms with van der Waals surface area (Å²) in [6.07, 6.45) is 5.12. The zero-order valence-electron chi connectivity index (χ0n) is 14.0. The van der Waals surface area contributed by atoms with Crippen LogP contribution in [0.25, 0.3) is 0 Å². The van der Waals surface area contributed by atoms with Crippen molar-refractivity contribution in [2.75, 3.05) is 14.2 Å². The van der Waals surface area contributed by atoms with Crippen LogP contribution in [0.2, 0.25) is 0 Å². The quantitative estimate of drug-likeness (QED) is 0.809. The van der Waals surface area contributed by atoms with Gasteiger partial charge in [-0.25, -0.2) is 0 Å². The van der Waals surface area contributed by atoms with Crippen molar-refractivity contribution >= 4 is 17.7 Å². The lowest BCUT2D eigenvalue weighted by atomic mass is 9.95. The van der Waals surface area contributed by atoms with Gasteiger partial charge in [-0.3, -0.25) is 4.79 Å². The molecular weight excluding hydrogens is 310 g/mol. The molecule has 0 aliphatic heterocycles. The molecule has 2 aliphatic rings. The third-order valence-corrected chi connectivity index (χ3v) is 6.20. The first-order chi connectivity index (χ1) is 11.1. The lowest BCUT2D eigenvalue weighted by molar-refractivity contribution is -0.121. The number of hydrogen-bond acceptors (Lipinski definition) is 4. The van der Waals surface area contributed by atoms with Crippen molar-refractivity contribution in [3.05, 3.63) is 18.2 Å². The highest BCUT2D eigenvalue weighted by atomic mass is 32.2. The van der Waals surface area contributed by atoms with Crippen molar-refractivity contribution in [1.29, 1.82) is 0 Å². The van der Waals surface area contributed by atoms with Crippen molar-refractivity contribution in [2.45, 2.75) is 48.8 Å². The Morgan fingerprint density at radius 2 is 2.00 bits per heavy atom. The minimum atomic E-state index is -0.118. The number of amides is 1. The molecule has 4 nitrogen and oxygen atoms in total. The SMILES string of the molecule is COc1ccc(S[C@H](C)C(=O)N[C@H]2C[C@@H]3CC[C@@H]2C3)cc1OC. The van der Waals surface area contributed by atoms with Crippen LogP contribution in [0.3, 0.4) is 0 Å². The predicted molar refractivity (Wildman–Crippen MR) is 92.2 cm³/mol. The summed E-state index contributed by atoms with van der Waals surface area (Å²) < 4.78 is 10.6. The first-order valence-electron chi connectivity index (χ1n) is 8.29. The van der Waals surface area contributed by atoms with Crippen molar-refractivity contribution in [3.63, 3.8) is 0 Å². The summed E-state index contributed by atoms with van der Waals surface area (Å²) in [4.78, 5) is 13.5. The average Bonchev–Trinajstić information content (AvgIpc) is 3.17. The lowest BCUT2D eigenvalue weighted by Gasteiger charge is -2.24. The van der Waals surface area contributed by atoms with Gasteiger partial charge in [0.05, 0.1) is 19.5 Å². The number of ether oxygens (including phenoxy) is 2. The zero-order chi connectivity index (χ0) is 16.4. The van der Waals surface area contributed by atoms with Crippen LogP contribution in [-0.2, 0) is 4.79 Å². The van der Waals surface area contributed by atoms with Gasteiger partial charge in [0, 0.05) is 10.9 Å². The monoisotopic (exact) mass is 335 g/mol. The average molecular weight is 335 g/mol. The number of methoxy groups -OCH3 is 2. The Bertz CT molecular complexity index is 577. The van der Waals surface area contributed by atoms with E-state index >= 15 is 0 Å². The summed E-state index contributed by atoms with van der Waals surface area (Å²) >= 11 is 1.56. The minimum Gasteiger partial charge on any atom is -0.493 e. The van der Waals surface area contributed by atoms with Crippen LogP contribution >= 0.6 is 11.8 Å². The molecule has 0 saturated heterocycles. The largest absolute Gasteiger partial charge is 0.493 e. The van der Waals surface area contributed by atoms with Gasteiger partial charge in [0.15, 0.2) is 11.5 Å². The number of nitrogens with one attached hydrogen (secondary N) is 1. The summed E-state index contributed by atoms with van der Waals surface area (Å²) in [6.45, 7) is 1.96. The van der Waals surface area contributed by atoms with E-state index in [1.165, 1.54) is 25.7 Å². The molecule has 1 amide bonds. The highest BCUT2D eigenvalue weighted by Crippen LogP contribution is 2.44. The molecule has 0 aromatic heterocycles. The van der Waals surface area contributed by atoms with Crippen LogP contribution in [0.15, 0.2) is 23.1 Å². The van der Waals surface area contributed by atoms with Crippen molar-refractivity contribution < 1.29 is 14.3 Å². The van der Waals surface area contributed by atoms with E-state index in [-0.39, 0.29) is 11.2 Å². The molecular formula is C18H25NO3S. The summed E-state index contributed by atoms with van der Waals surface area (Å²) in [5.74, 6) is 3.10. The normalized spacial score (nSPS) is 26.8. The van der Waals surface area contributed by atoms with E-state index in [1.54, 1.807) is 26.0 Å². The van der Waals surface area contributed by atoms with E-state index < -0.39 is 0 Å². The molecule has 0 radical (unpaired) electrons. The fraction of sp³-hybridized carbons (Fsp3) is 0.611. The second kappa shape index (κ2) is 7.04. The van der Waals surface area contributed by atoms with E-state index in [0.717, 1.165) is 10.8 Å². The van der Waals surface area contributed by atoms with E-state index in [2.05, 4.69) is 5.32 Å². The first kappa shape index (κ1) is 16.5. The molecule has 5 heteroatoms. The van der Waals surface area contributed by atoms with Gasteiger partial charge in [0.1, 0.15) is 0 Å². The Morgan fingerprint density at radius 1 is 1.22 bits per heavy atom. The van der Waals surface area contributed by atoms with Crippen LogP contribution in [0, 0.1) is 11.8 Å². The molecule has 1 aromatic carbocycles. The number of benzene rings is 1. The topological polar surface area (TPSA) is 47.6 Å². The van der Waals surface area contributed by atoms with Gasteiger partial charge in [-0.2, -0.15) is 0 Å². The third kappa shape index (κ3) is 3.60. The molecule has 2 aliphatic carbocycles. The predicted octanol–water partition coefficient (Wildman–Crippen LogP) is 3.49. The fourth-order valence-electron chi connectivity index (χ4n) is 3.87. The maximum atomic E-state index is 12.5. The zero-order valence-corrected chi connectivity index (χ0v) is 14.8. The van der Waals surface area contributed by atoms with Crippen LogP contribution in [-0.4, -0.2) is 31.4 Å². The minimum absolute atomic E-state index is 0.118. The van der Waals surface area contributed by atoms with Gasteiger partial charge in [-0.1, -0.05) is 6.42 Å². The van der Waals surface area contributed by atoms with E-state index in [4.69, 9.17) is 9.47 Å². The van der Waals surface area contributed by atoms with Gasteiger partial charge >= 0.3 is 0 Å². The Kier molecular flexibility index (Phi) is 5.05. The second-order valence-electron chi connectivity index (χ2n) is 6.57. The van der Waals surface area contributed by atoms with E-state index in [1.807, 2.05) is 25.1 Å². The summed E-state index contributed by atoms with van der Waals surface area (Å²) in [5, 5.41) is 3.15. The van der Waals surface area contributed by atoms with Crippen LogP contribution in [0.1, 0.15) is 32.6 Å². The Hall–Kier alpha value is -1.36. The standard InChI is InChI=1S/C18H25NO3S/c1-11(18(20)19-15-9-12-4-5-13(15)8-12)23-14-6-7-16(21-2)17(10-14)22-3/h6-7,10-13,15H,4-5,8-9H2,1-3H3,(H,19,20)/t11-,12-,13-,15+/m1/s1. The smallest absolute Gasteiger partial charge is 0.233 e. The Balaban J connectivity index is 1.58. The molecule has 0 unspecified atom stereocenters. The van der Waals surface area contributed by atoms with Gasteiger partial charge < -0.3 is 14.8 Å². The highest BCUT2D eigenvalue weighted by molar-refractivity contribution is 8.00. The molecule has 1 aromatic rings. The van der Waals surface area contributed by atoms with Crippen LogP contribution < -0.4 is 14.8 Å². The molecule has 0 heterocycles. The number of hydrogen-bond donors (Lipinski definition) is 1. The van der Waals surface area contributed by atoms with Crippen molar-refractivity contribution in [3.8, 4) is 11.5 Å². The second-order valence-corrected chi connectivity index (χ2v) is 7.98. The van der Waals surface area contributed by atoms with Gasteiger partial charge in [0.25, 0.3) is 0 Å². The first-order valence-corrected chi connectivity index (χ1v) is 9.17. The molecule has 23 heavy (non-hydrogen) atoms. The molecule has 1 N–H and O–H groups in total. The van der Waals surface area contributed by atoms with Crippen LogP contribution in [0.5, 0.6) is 11.5 Å². The number of rotatable bonds is 6. The number of carbonyl (C=O) groups is 1. The van der Waals surface area contributed by atoms with E-state index in [9.17, 15) is 4.79 Å². The van der Waals surface area contributed by atoms with Gasteiger partial charge in [0.2, 0.25) is 5.91 Å². The highest BCUT2D eigenvalue weighted by Gasteiger charge is 2.40. The summed E-state index contributed by atoms with van der Waals surface area (Å²) in [5.41, 5.74) is 0. The maximum Gasteiger partial charge on any atom is 0.233 e. The molecule has 2 saturated carbocycles. The van der Waals surface area contributed by atoms with Crippen molar-refractivity contribution in [1.82, 2.24) is 5.32 Å². The molecule has 2 fully saturated rings. The molecule has 2 bridgehead atoms. The molecule has 4 atom stereocenters. The Labute approximate surface area is 142 Å². The van der Waals surface area contributed by atoms with Crippen molar-refractivity contribution in [2.24, 2.45) is 11.8 Å². The fourth-order valence-corrected chi connectivity index (χ4v) is 4.77. The Morgan fingerprint density at radius 3 is 2.61 bits per heavy atom. The van der Waals surface area contributed by atoms with Crippen LogP contribution in [0.4, 0.5) is 0 Å². The maximum absolute atomic E-state index is 12.5. The molecule has 3 rings (SSSR count). The van der Waals surface area contributed by atoms with Gasteiger partial charge in [-0.15, -0.1) is 11.8 Å². The third-order valence-electron chi connectivity index (χ3n) is 5.10.